The summed E-state index contributed by atoms with van der Waals surface area (Å²) in [7, 11) is 1.66. The first-order valence-corrected chi connectivity index (χ1v) is 8.30. The first kappa shape index (κ1) is 15.8. The third-order valence-corrected chi connectivity index (χ3v) is 4.30. The van der Waals surface area contributed by atoms with Gasteiger partial charge in [-0.05, 0) is 23.8 Å². The van der Waals surface area contributed by atoms with Gasteiger partial charge in [0.1, 0.15) is 11.9 Å². The van der Waals surface area contributed by atoms with Gasteiger partial charge in [-0.1, -0.05) is 31.1 Å². The van der Waals surface area contributed by atoms with Gasteiger partial charge in [0.15, 0.2) is 11.5 Å². The molecule has 1 unspecified atom stereocenters. The number of hydrogen-bond acceptors (Lipinski definition) is 6. The molecule has 1 aromatic carbocycles. The summed E-state index contributed by atoms with van der Waals surface area (Å²) in [4.78, 5) is 4.41. The Kier molecular flexibility index (Phi) is 4.01. The smallest absolute Gasteiger partial charge is 0.278 e. The molecule has 0 radical (unpaired) electrons. The fourth-order valence-corrected chi connectivity index (χ4v) is 2.82. The number of aromatic nitrogens is 4. The van der Waals surface area contributed by atoms with Crippen molar-refractivity contribution in [1.29, 1.82) is 0 Å². The van der Waals surface area contributed by atoms with E-state index in [4.69, 9.17) is 14.0 Å². The van der Waals surface area contributed by atoms with Crippen LogP contribution in [0.1, 0.15) is 43.0 Å². The second-order valence-corrected chi connectivity index (χ2v) is 6.39. The number of methoxy groups -OCH3 is 1. The lowest BCUT2D eigenvalue weighted by atomic mass is 10.1. The van der Waals surface area contributed by atoms with Gasteiger partial charge in [0.2, 0.25) is 0 Å². The molecule has 1 aliphatic heterocycles. The molecular formula is C18H20N4O3. The summed E-state index contributed by atoms with van der Waals surface area (Å²) < 4.78 is 18.5. The van der Waals surface area contributed by atoms with E-state index in [0.717, 1.165) is 17.0 Å². The molecule has 4 rings (SSSR count). The third kappa shape index (κ3) is 3.02. The molecule has 0 bridgehead atoms. The molecule has 0 spiro atoms. The van der Waals surface area contributed by atoms with Crippen molar-refractivity contribution in [1.82, 2.24) is 19.9 Å². The molecule has 0 saturated heterocycles. The Hall–Kier alpha value is -2.67. The van der Waals surface area contributed by atoms with Crippen LogP contribution in [0.15, 0.2) is 34.9 Å². The average Bonchev–Trinajstić information content (AvgIpc) is 3.28. The van der Waals surface area contributed by atoms with E-state index < -0.39 is 0 Å². The highest BCUT2D eigenvalue weighted by atomic mass is 16.5. The molecule has 0 N–H and O–H groups in total. The van der Waals surface area contributed by atoms with Crippen molar-refractivity contribution < 1.29 is 14.0 Å². The first-order chi connectivity index (χ1) is 12.1. The van der Waals surface area contributed by atoms with Gasteiger partial charge >= 0.3 is 0 Å². The minimum atomic E-state index is -0.0416. The number of nitrogens with zero attached hydrogens (tertiary/aromatic N) is 4. The van der Waals surface area contributed by atoms with Gasteiger partial charge in [-0.25, -0.2) is 0 Å². The number of rotatable bonds is 4. The van der Waals surface area contributed by atoms with Crippen molar-refractivity contribution in [2.75, 3.05) is 7.11 Å². The van der Waals surface area contributed by atoms with Crippen molar-refractivity contribution in [2.45, 2.75) is 39.0 Å². The third-order valence-electron chi connectivity index (χ3n) is 4.30. The second kappa shape index (κ2) is 6.33. The van der Waals surface area contributed by atoms with E-state index in [9.17, 15) is 0 Å². The average molecular weight is 340 g/mol. The molecule has 3 heterocycles. The van der Waals surface area contributed by atoms with Crippen LogP contribution in [0.25, 0.3) is 11.6 Å². The van der Waals surface area contributed by atoms with Gasteiger partial charge in [-0.3, -0.25) is 4.68 Å². The molecule has 3 aromatic rings. The van der Waals surface area contributed by atoms with E-state index in [2.05, 4.69) is 15.2 Å². The summed E-state index contributed by atoms with van der Waals surface area (Å²) in [5, 5.41) is 8.62. The Balaban J connectivity index is 1.55. The molecule has 0 fully saturated rings. The predicted octanol–water partition coefficient (Wildman–Crippen LogP) is 3.34. The van der Waals surface area contributed by atoms with Gasteiger partial charge in [0.05, 0.1) is 26.0 Å². The van der Waals surface area contributed by atoms with Gasteiger partial charge in [-0.15, -0.1) is 0 Å². The Labute approximate surface area is 145 Å². The van der Waals surface area contributed by atoms with Crippen molar-refractivity contribution in [2.24, 2.45) is 0 Å². The van der Waals surface area contributed by atoms with Crippen molar-refractivity contribution in [3.05, 3.63) is 47.4 Å². The van der Waals surface area contributed by atoms with Gasteiger partial charge in [0.25, 0.3) is 5.89 Å². The normalized spacial score (nSPS) is 16.9. The maximum Gasteiger partial charge on any atom is 0.278 e. The van der Waals surface area contributed by atoms with E-state index in [1.54, 1.807) is 7.11 Å². The Morgan fingerprint density at radius 3 is 2.72 bits per heavy atom. The van der Waals surface area contributed by atoms with Crippen molar-refractivity contribution in [3.63, 3.8) is 0 Å². The highest BCUT2D eigenvalue weighted by Crippen LogP contribution is 2.29. The maximum atomic E-state index is 5.99. The lowest BCUT2D eigenvalue weighted by molar-refractivity contribution is -0.00115. The van der Waals surface area contributed by atoms with Crippen LogP contribution in [0.3, 0.4) is 0 Å². The molecule has 2 aromatic heterocycles. The quantitative estimate of drug-likeness (QED) is 0.725. The van der Waals surface area contributed by atoms with E-state index in [1.165, 1.54) is 0 Å². The van der Waals surface area contributed by atoms with Crippen LogP contribution >= 0.6 is 0 Å². The summed E-state index contributed by atoms with van der Waals surface area (Å²) in [5.74, 6) is 2.19. The topological polar surface area (TPSA) is 75.2 Å². The summed E-state index contributed by atoms with van der Waals surface area (Å²) in [5.41, 5.74) is 2.79. The fraction of sp³-hybridized carbons (Fsp3) is 0.389. The van der Waals surface area contributed by atoms with E-state index >= 15 is 0 Å². The molecule has 0 saturated carbocycles. The fourth-order valence-electron chi connectivity index (χ4n) is 2.82. The number of benzene rings is 1. The van der Waals surface area contributed by atoms with Gasteiger partial charge in [-0.2, -0.15) is 10.1 Å². The Morgan fingerprint density at radius 2 is 2.04 bits per heavy atom. The molecule has 25 heavy (non-hydrogen) atoms. The molecular weight excluding hydrogens is 320 g/mol. The summed E-state index contributed by atoms with van der Waals surface area (Å²) in [6.45, 7) is 5.20. The van der Waals surface area contributed by atoms with E-state index in [1.807, 2.05) is 48.9 Å². The van der Waals surface area contributed by atoms with Crippen molar-refractivity contribution >= 4 is 0 Å². The van der Waals surface area contributed by atoms with Crippen LogP contribution in [-0.4, -0.2) is 27.0 Å². The zero-order chi connectivity index (χ0) is 17.4. The largest absolute Gasteiger partial charge is 0.497 e. The van der Waals surface area contributed by atoms with Crippen LogP contribution in [0.4, 0.5) is 0 Å². The van der Waals surface area contributed by atoms with Crippen LogP contribution in [-0.2, 0) is 17.9 Å². The minimum absolute atomic E-state index is 0.0416. The summed E-state index contributed by atoms with van der Waals surface area (Å²) in [6, 6.07) is 9.86. The number of hydrogen-bond donors (Lipinski definition) is 0. The van der Waals surface area contributed by atoms with Crippen LogP contribution in [0, 0.1) is 0 Å². The molecule has 1 atom stereocenters. The zero-order valence-electron chi connectivity index (χ0n) is 14.5. The molecule has 0 amide bonds. The zero-order valence-corrected chi connectivity index (χ0v) is 14.5. The van der Waals surface area contributed by atoms with E-state index in [0.29, 0.717) is 30.6 Å². The highest BCUT2D eigenvalue weighted by Gasteiger charge is 2.24. The number of fused-ring (bicyclic) bond motifs is 1. The lowest BCUT2D eigenvalue weighted by Gasteiger charge is -2.24. The molecule has 7 nitrogen and oxygen atoms in total. The molecule has 130 valence electrons. The van der Waals surface area contributed by atoms with Crippen LogP contribution < -0.4 is 4.74 Å². The van der Waals surface area contributed by atoms with E-state index in [-0.39, 0.29) is 12.0 Å². The summed E-state index contributed by atoms with van der Waals surface area (Å²) in [6.07, 6.45) is -0.0416. The second-order valence-electron chi connectivity index (χ2n) is 6.39. The Bertz CT molecular complexity index is 867. The molecule has 1 aliphatic rings. The standard InChI is InChI=1S/C18H20N4O3/c1-11(2)17-19-18(25-21-17)15-8-13-10-24-16(9-22(13)20-15)12-4-6-14(23-3)7-5-12/h4-8,11,16H,9-10H2,1-3H3. The first-order valence-electron chi connectivity index (χ1n) is 8.30. The molecule has 7 heteroatoms. The SMILES string of the molecule is COc1ccc(C2Cn3nc(-c4nc(C(C)C)no4)cc3CO2)cc1. The van der Waals surface area contributed by atoms with Gasteiger partial charge < -0.3 is 14.0 Å². The number of ether oxygens (including phenoxy) is 2. The van der Waals surface area contributed by atoms with Crippen LogP contribution in [0.5, 0.6) is 5.75 Å². The maximum absolute atomic E-state index is 5.99. The monoisotopic (exact) mass is 340 g/mol. The highest BCUT2D eigenvalue weighted by molar-refractivity contribution is 5.47. The minimum Gasteiger partial charge on any atom is -0.497 e. The predicted molar refractivity (Wildman–Crippen MR) is 90.1 cm³/mol. The molecule has 0 aliphatic carbocycles. The summed E-state index contributed by atoms with van der Waals surface area (Å²) >= 11 is 0. The van der Waals surface area contributed by atoms with Gasteiger partial charge in [0, 0.05) is 5.92 Å². The Morgan fingerprint density at radius 1 is 1.24 bits per heavy atom. The lowest BCUT2D eigenvalue weighted by Crippen LogP contribution is -2.21. The van der Waals surface area contributed by atoms with Crippen molar-refractivity contribution in [3.8, 4) is 17.3 Å². The van der Waals surface area contributed by atoms with Crippen LogP contribution in [0.2, 0.25) is 0 Å².